The smallest absolute Gasteiger partial charge is 0.273 e. The number of nitrogens with zero attached hydrogens (tertiary/aromatic N) is 3. The molecule has 4 N–H and O–H groups in total. The molecule has 0 aliphatic heterocycles. The molecular formula is C21H18N6O4S. The zero-order valence-corrected chi connectivity index (χ0v) is 17.6. The van der Waals surface area contributed by atoms with E-state index in [1.165, 1.54) is 42.7 Å². The second-order valence-corrected chi connectivity index (χ2v) is 8.53. The van der Waals surface area contributed by atoms with Crippen LogP contribution in [0.3, 0.4) is 0 Å². The minimum absolute atomic E-state index is 0.0123. The van der Waals surface area contributed by atoms with Gasteiger partial charge in [-0.1, -0.05) is 11.6 Å². The Hall–Kier alpha value is -4.25. The SMILES string of the molecule is Cc1ccc(O)c(-c2cc(C(=O)Nc3ccc(S(=O)(=O)Nc4ncccn4)cc3)[nH]n2)c1. The summed E-state index contributed by atoms with van der Waals surface area (Å²) in [6.07, 6.45) is 2.84. The Labute approximate surface area is 183 Å². The predicted molar refractivity (Wildman–Crippen MR) is 118 cm³/mol. The number of anilines is 2. The molecule has 0 saturated heterocycles. The van der Waals surface area contributed by atoms with E-state index in [0.717, 1.165) is 5.56 Å². The van der Waals surface area contributed by atoms with Crippen molar-refractivity contribution in [1.82, 2.24) is 20.2 Å². The molecule has 0 aliphatic rings. The van der Waals surface area contributed by atoms with Crippen LogP contribution in [0.5, 0.6) is 5.75 Å². The fourth-order valence-corrected chi connectivity index (χ4v) is 3.84. The van der Waals surface area contributed by atoms with Crippen molar-refractivity contribution >= 4 is 27.6 Å². The lowest BCUT2D eigenvalue weighted by molar-refractivity contribution is 0.102. The maximum atomic E-state index is 12.5. The monoisotopic (exact) mass is 450 g/mol. The molecule has 0 fully saturated rings. The van der Waals surface area contributed by atoms with Crippen LogP contribution in [0.4, 0.5) is 11.6 Å². The first-order valence-corrected chi connectivity index (χ1v) is 10.9. The normalized spacial score (nSPS) is 11.2. The highest BCUT2D eigenvalue weighted by atomic mass is 32.2. The van der Waals surface area contributed by atoms with Gasteiger partial charge in [-0.2, -0.15) is 5.10 Å². The van der Waals surface area contributed by atoms with Crippen molar-refractivity contribution in [3.63, 3.8) is 0 Å². The van der Waals surface area contributed by atoms with Crippen LogP contribution in [0, 0.1) is 6.92 Å². The first-order chi connectivity index (χ1) is 15.3. The number of benzene rings is 2. The fourth-order valence-electron chi connectivity index (χ4n) is 2.88. The van der Waals surface area contributed by atoms with Gasteiger partial charge < -0.3 is 10.4 Å². The third kappa shape index (κ3) is 4.57. The number of carbonyl (C=O) groups excluding carboxylic acids is 1. The van der Waals surface area contributed by atoms with Crippen molar-refractivity contribution in [3.8, 4) is 17.0 Å². The molecule has 0 spiro atoms. The summed E-state index contributed by atoms with van der Waals surface area (Å²) in [4.78, 5) is 20.2. The summed E-state index contributed by atoms with van der Waals surface area (Å²) in [6.45, 7) is 1.88. The van der Waals surface area contributed by atoms with Gasteiger partial charge >= 0.3 is 0 Å². The number of hydrogen-bond acceptors (Lipinski definition) is 7. The van der Waals surface area contributed by atoms with Crippen molar-refractivity contribution in [2.45, 2.75) is 11.8 Å². The second kappa shape index (κ2) is 8.47. The van der Waals surface area contributed by atoms with Crippen LogP contribution in [0.25, 0.3) is 11.3 Å². The molecule has 10 nitrogen and oxygen atoms in total. The van der Waals surface area contributed by atoms with E-state index in [1.807, 2.05) is 6.92 Å². The van der Waals surface area contributed by atoms with Gasteiger partial charge in [-0.3, -0.25) is 9.89 Å². The molecule has 0 saturated carbocycles. The van der Waals surface area contributed by atoms with E-state index in [9.17, 15) is 18.3 Å². The molecule has 0 atom stereocenters. The van der Waals surface area contributed by atoms with Crippen LogP contribution in [-0.4, -0.2) is 39.6 Å². The lowest BCUT2D eigenvalue weighted by atomic mass is 10.1. The minimum Gasteiger partial charge on any atom is -0.507 e. The Bertz CT molecular complexity index is 1370. The van der Waals surface area contributed by atoms with Crippen LogP contribution in [0.2, 0.25) is 0 Å². The maximum absolute atomic E-state index is 12.5. The molecule has 2 heterocycles. The standard InChI is InChI=1S/C21H18N6O4S/c1-13-3-8-19(28)16(11-13)17-12-18(26-25-17)20(29)24-14-4-6-15(7-5-14)32(30,31)27-21-22-9-2-10-23-21/h2-12,28H,1H3,(H,24,29)(H,25,26)(H,22,23,27). The van der Waals surface area contributed by atoms with Crippen molar-refractivity contribution < 1.29 is 18.3 Å². The van der Waals surface area contributed by atoms with Crippen molar-refractivity contribution in [1.29, 1.82) is 0 Å². The highest BCUT2D eigenvalue weighted by molar-refractivity contribution is 7.92. The van der Waals surface area contributed by atoms with Crippen molar-refractivity contribution in [3.05, 3.63) is 78.2 Å². The number of aromatic amines is 1. The van der Waals surface area contributed by atoms with E-state index >= 15 is 0 Å². The number of rotatable bonds is 6. The van der Waals surface area contributed by atoms with Crippen LogP contribution >= 0.6 is 0 Å². The average Bonchev–Trinajstić information content (AvgIpc) is 3.26. The molecule has 162 valence electrons. The first kappa shape index (κ1) is 21.0. The highest BCUT2D eigenvalue weighted by Gasteiger charge is 2.17. The molecule has 2 aromatic carbocycles. The van der Waals surface area contributed by atoms with E-state index in [0.29, 0.717) is 16.9 Å². The summed E-state index contributed by atoms with van der Waals surface area (Å²) in [6, 6.07) is 13.8. The lowest BCUT2D eigenvalue weighted by Crippen LogP contribution is -2.15. The Morgan fingerprint density at radius 2 is 1.75 bits per heavy atom. The molecule has 0 radical (unpaired) electrons. The van der Waals surface area contributed by atoms with E-state index < -0.39 is 15.9 Å². The number of hydrogen-bond donors (Lipinski definition) is 4. The molecule has 2 aromatic heterocycles. The predicted octanol–water partition coefficient (Wildman–Crippen LogP) is 2.93. The Morgan fingerprint density at radius 3 is 2.47 bits per heavy atom. The number of carbonyl (C=O) groups is 1. The molecule has 4 rings (SSSR count). The first-order valence-electron chi connectivity index (χ1n) is 9.38. The number of aryl methyl sites for hydroxylation is 1. The number of aromatic nitrogens is 4. The van der Waals surface area contributed by atoms with Crippen molar-refractivity contribution in [2.24, 2.45) is 0 Å². The topological polar surface area (TPSA) is 150 Å². The number of H-pyrrole nitrogens is 1. The number of phenolic OH excluding ortho intramolecular Hbond substituents is 1. The summed E-state index contributed by atoms with van der Waals surface area (Å²) >= 11 is 0. The number of nitrogens with one attached hydrogen (secondary N) is 3. The van der Waals surface area contributed by atoms with Gasteiger partial charge in [0.2, 0.25) is 5.95 Å². The largest absolute Gasteiger partial charge is 0.507 e. The summed E-state index contributed by atoms with van der Waals surface area (Å²) in [5, 5.41) is 19.4. The lowest BCUT2D eigenvalue weighted by Gasteiger charge is -2.08. The summed E-state index contributed by atoms with van der Waals surface area (Å²) in [5.74, 6) is -0.456. The highest BCUT2D eigenvalue weighted by Crippen LogP contribution is 2.29. The molecule has 0 unspecified atom stereocenters. The molecular weight excluding hydrogens is 432 g/mol. The van der Waals surface area contributed by atoms with Crippen LogP contribution in [0.1, 0.15) is 16.1 Å². The molecule has 32 heavy (non-hydrogen) atoms. The molecule has 4 aromatic rings. The Balaban J connectivity index is 1.46. The van der Waals surface area contributed by atoms with E-state index in [4.69, 9.17) is 0 Å². The maximum Gasteiger partial charge on any atom is 0.273 e. The van der Waals surface area contributed by atoms with E-state index in [1.54, 1.807) is 24.3 Å². The summed E-state index contributed by atoms with van der Waals surface area (Å²) < 4.78 is 27.1. The summed E-state index contributed by atoms with van der Waals surface area (Å²) in [7, 11) is -3.87. The second-order valence-electron chi connectivity index (χ2n) is 6.84. The number of aromatic hydroxyl groups is 1. The van der Waals surface area contributed by atoms with Crippen LogP contribution in [0.15, 0.2) is 71.9 Å². The van der Waals surface area contributed by atoms with Gasteiger partial charge in [0.25, 0.3) is 15.9 Å². The van der Waals surface area contributed by atoms with Gasteiger partial charge in [-0.15, -0.1) is 0 Å². The molecule has 0 aliphatic carbocycles. The minimum atomic E-state index is -3.87. The van der Waals surface area contributed by atoms with Gasteiger partial charge in [0, 0.05) is 23.6 Å². The third-order valence-corrected chi connectivity index (χ3v) is 5.81. The van der Waals surface area contributed by atoms with Gasteiger partial charge in [0.05, 0.1) is 10.6 Å². The van der Waals surface area contributed by atoms with Crippen LogP contribution < -0.4 is 10.0 Å². The van der Waals surface area contributed by atoms with Gasteiger partial charge in [-0.05, 0) is 55.5 Å². The number of amides is 1. The zero-order valence-electron chi connectivity index (χ0n) is 16.8. The zero-order chi connectivity index (χ0) is 22.7. The molecule has 11 heteroatoms. The van der Waals surface area contributed by atoms with Gasteiger partial charge in [-0.25, -0.2) is 23.1 Å². The van der Waals surface area contributed by atoms with E-state index in [2.05, 4.69) is 30.2 Å². The Kier molecular flexibility index (Phi) is 5.56. The Morgan fingerprint density at radius 1 is 1.03 bits per heavy atom. The number of phenols is 1. The van der Waals surface area contributed by atoms with Crippen LogP contribution in [-0.2, 0) is 10.0 Å². The summed E-state index contributed by atoms with van der Waals surface area (Å²) in [5.41, 5.74) is 2.44. The average molecular weight is 450 g/mol. The van der Waals surface area contributed by atoms with Crippen molar-refractivity contribution in [2.75, 3.05) is 10.0 Å². The fraction of sp³-hybridized carbons (Fsp3) is 0.0476. The molecule has 1 amide bonds. The van der Waals surface area contributed by atoms with Gasteiger partial charge in [0.15, 0.2) is 0 Å². The third-order valence-electron chi connectivity index (χ3n) is 4.46. The van der Waals surface area contributed by atoms with E-state index in [-0.39, 0.29) is 22.3 Å². The van der Waals surface area contributed by atoms with Gasteiger partial charge in [0.1, 0.15) is 11.4 Å². The quantitative estimate of drug-likeness (QED) is 0.353. The molecule has 0 bridgehead atoms. The number of sulfonamides is 1.